The van der Waals surface area contributed by atoms with Gasteiger partial charge in [-0.3, -0.25) is 10.4 Å². The number of benzene rings is 1. The Bertz CT molecular complexity index is 810. The minimum absolute atomic E-state index is 0.153. The molecule has 2 aliphatic rings. The largest absolute Gasteiger partial charge is 0.509 e. The first-order valence-corrected chi connectivity index (χ1v) is 6.68. The molecule has 2 aliphatic heterocycles. The number of hydrogen-bond donors (Lipinski definition) is 3. The monoisotopic (exact) mass is 279 g/mol. The molecule has 0 radical (unpaired) electrons. The Hall–Kier alpha value is -2.89. The normalized spacial score (nSPS) is 18.2. The molecule has 0 unspecified atom stereocenters. The third-order valence-electron chi connectivity index (χ3n) is 3.67. The molecule has 0 atom stereocenters. The number of nitrogens with zero attached hydrogens (tertiary/aromatic N) is 3. The van der Waals surface area contributed by atoms with E-state index in [9.17, 15) is 5.11 Å². The van der Waals surface area contributed by atoms with Crippen molar-refractivity contribution in [1.29, 1.82) is 5.41 Å². The van der Waals surface area contributed by atoms with E-state index < -0.39 is 0 Å². The van der Waals surface area contributed by atoms with Crippen LogP contribution < -0.4 is 0 Å². The number of H-pyrrole nitrogens is 1. The number of aliphatic hydroxyl groups excluding tert-OH is 1. The minimum atomic E-state index is 0.153. The van der Waals surface area contributed by atoms with Gasteiger partial charge in [-0.15, -0.1) is 0 Å². The summed E-state index contributed by atoms with van der Waals surface area (Å²) in [5, 5.41) is 18.5. The summed E-state index contributed by atoms with van der Waals surface area (Å²) in [6.07, 6.45) is 3.66. The predicted molar refractivity (Wildman–Crippen MR) is 81.5 cm³/mol. The van der Waals surface area contributed by atoms with E-state index in [2.05, 4.69) is 15.0 Å². The van der Waals surface area contributed by atoms with Crippen LogP contribution in [0.4, 0.5) is 0 Å². The van der Waals surface area contributed by atoms with Gasteiger partial charge < -0.3 is 15.0 Å². The average Bonchev–Trinajstić information content (AvgIpc) is 3.17. The standard InChI is InChI=1S/C15H13N5O/c16-14-13(12(21)8-20(14)9-5-6-17-7-9)15-18-10-3-1-2-4-11(10)19-15/h1-5,7,16,21H,6,8H2,(H,18,19). The molecular weight excluding hydrogens is 266 g/mol. The summed E-state index contributed by atoms with van der Waals surface area (Å²) in [5.74, 6) is 0.920. The van der Waals surface area contributed by atoms with Crippen LogP contribution in [0.3, 0.4) is 0 Å². The molecular formula is C15H13N5O. The van der Waals surface area contributed by atoms with Gasteiger partial charge >= 0.3 is 0 Å². The Labute approximate surface area is 120 Å². The second-order valence-electron chi connectivity index (χ2n) is 4.98. The Kier molecular flexibility index (Phi) is 2.44. The maximum absolute atomic E-state index is 10.2. The number of nitrogens with one attached hydrogen (secondary N) is 2. The van der Waals surface area contributed by atoms with E-state index in [4.69, 9.17) is 5.41 Å². The topological polar surface area (TPSA) is 88.4 Å². The molecule has 3 heterocycles. The Balaban J connectivity index is 1.75. The molecule has 2 aromatic rings. The Morgan fingerprint density at radius 1 is 1.29 bits per heavy atom. The fourth-order valence-electron chi connectivity index (χ4n) is 2.64. The zero-order valence-electron chi connectivity index (χ0n) is 11.2. The van der Waals surface area contributed by atoms with Gasteiger partial charge in [-0.1, -0.05) is 12.1 Å². The smallest absolute Gasteiger partial charge is 0.145 e. The number of para-hydroxylation sites is 2. The third kappa shape index (κ3) is 1.76. The van der Waals surface area contributed by atoms with Crippen LogP contribution in [0.15, 0.2) is 46.8 Å². The molecule has 0 aliphatic carbocycles. The van der Waals surface area contributed by atoms with E-state index >= 15 is 0 Å². The van der Waals surface area contributed by atoms with Gasteiger partial charge in [0.1, 0.15) is 17.4 Å². The molecule has 0 amide bonds. The molecule has 1 aromatic heterocycles. The van der Waals surface area contributed by atoms with E-state index in [1.54, 1.807) is 11.1 Å². The molecule has 0 saturated heterocycles. The van der Waals surface area contributed by atoms with Crippen LogP contribution in [-0.4, -0.2) is 45.1 Å². The molecule has 3 N–H and O–H groups in total. The molecule has 1 aromatic carbocycles. The molecule has 0 saturated carbocycles. The van der Waals surface area contributed by atoms with E-state index in [0.29, 0.717) is 17.9 Å². The van der Waals surface area contributed by atoms with Gasteiger partial charge in [0.25, 0.3) is 0 Å². The van der Waals surface area contributed by atoms with Gasteiger partial charge in [-0.05, 0) is 18.2 Å². The van der Waals surface area contributed by atoms with Crippen LogP contribution in [0.25, 0.3) is 16.6 Å². The zero-order valence-corrected chi connectivity index (χ0v) is 11.2. The lowest BCUT2D eigenvalue weighted by Crippen LogP contribution is -2.26. The van der Waals surface area contributed by atoms with Crippen LogP contribution >= 0.6 is 0 Å². The van der Waals surface area contributed by atoms with Gasteiger partial charge in [0.05, 0.1) is 35.4 Å². The van der Waals surface area contributed by atoms with Crippen molar-refractivity contribution in [1.82, 2.24) is 14.9 Å². The van der Waals surface area contributed by atoms with Gasteiger partial charge in [0, 0.05) is 6.21 Å². The number of aromatic nitrogens is 2. The quantitative estimate of drug-likeness (QED) is 0.786. The summed E-state index contributed by atoms with van der Waals surface area (Å²) in [5.41, 5.74) is 3.01. The zero-order chi connectivity index (χ0) is 14.4. The number of aliphatic hydroxyl groups is 1. The molecule has 6 heteroatoms. The number of hydrogen-bond acceptors (Lipinski definition) is 4. The molecule has 0 spiro atoms. The SMILES string of the molecule is N=C1C(c2nc3ccccc3[nH]2)=C(O)CN1C1=CCN=C1. The van der Waals surface area contributed by atoms with Crippen LogP contribution in [0, 0.1) is 5.41 Å². The summed E-state index contributed by atoms with van der Waals surface area (Å²) >= 11 is 0. The number of imidazole rings is 1. The third-order valence-corrected chi connectivity index (χ3v) is 3.67. The number of rotatable bonds is 2. The fourth-order valence-corrected chi connectivity index (χ4v) is 2.64. The van der Waals surface area contributed by atoms with Crippen molar-refractivity contribution in [2.75, 3.05) is 13.1 Å². The van der Waals surface area contributed by atoms with Crippen molar-refractivity contribution in [3.63, 3.8) is 0 Å². The van der Waals surface area contributed by atoms with Gasteiger partial charge in [-0.2, -0.15) is 0 Å². The molecule has 104 valence electrons. The van der Waals surface area contributed by atoms with Crippen molar-refractivity contribution in [3.05, 3.63) is 47.6 Å². The van der Waals surface area contributed by atoms with Crippen LogP contribution in [0.5, 0.6) is 0 Å². The van der Waals surface area contributed by atoms with E-state index in [1.807, 2.05) is 30.3 Å². The maximum atomic E-state index is 10.2. The highest BCUT2D eigenvalue weighted by Crippen LogP contribution is 2.29. The lowest BCUT2D eigenvalue weighted by atomic mass is 10.2. The molecule has 0 fully saturated rings. The highest BCUT2D eigenvalue weighted by atomic mass is 16.3. The summed E-state index contributed by atoms with van der Waals surface area (Å²) in [6, 6.07) is 7.65. The van der Waals surface area contributed by atoms with Crippen LogP contribution in [0.2, 0.25) is 0 Å². The van der Waals surface area contributed by atoms with Crippen LogP contribution in [0.1, 0.15) is 5.82 Å². The Morgan fingerprint density at radius 2 is 2.14 bits per heavy atom. The summed E-state index contributed by atoms with van der Waals surface area (Å²) in [4.78, 5) is 13.5. The van der Waals surface area contributed by atoms with E-state index in [0.717, 1.165) is 16.7 Å². The highest BCUT2D eigenvalue weighted by Gasteiger charge is 2.32. The molecule has 21 heavy (non-hydrogen) atoms. The van der Waals surface area contributed by atoms with Crippen molar-refractivity contribution < 1.29 is 5.11 Å². The number of fused-ring (bicyclic) bond motifs is 1. The number of aliphatic imine (C=N–C) groups is 1. The van der Waals surface area contributed by atoms with Crippen molar-refractivity contribution in [2.24, 2.45) is 4.99 Å². The number of amidine groups is 1. The molecule has 6 nitrogen and oxygen atoms in total. The summed E-state index contributed by atoms with van der Waals surface area (Å²) < 4.78 is 0. The van der Waals surface area contributed by atoms with E-state index in [-0.39, 0.29) is 18.1 Å². The van der Waals surface area contributed by atoms with Gasteiger partial charge in [0.15, 0.2) is 0 Å². The average molecular weight is 279 g/mol. The second kappa shape index (κ2) is 4.31. The van der Waals surface area contributed by atoms with Crippen molar-refractivity contribution >= 4 is 28.7 Å². The van der Waals surface area contributed by atoms with E-state index in [1.165, 1.54) is 0 Å². The summed E-state index contributed by atoms with van der Waals surface area (Å²) in [6.45, 7) is 0.906. The predicted octanol–water partition coefficient (Wildman–Crippen LogP) is 2.09. The first kappa shape index (κ1) is 11.9. The first-order chi connectivity index (χ1) is 10.2. The lowest BCUT2D eigenvalue weighted by molar-refractivity contribution is 0.378. The van der Waals surface area contributed by atoms with Crippen molar-refractivity contribution in [2.45, 2.75) is 0 Å². The number of aromatic amines is 1. The second-order valence-corrected chi connectivity index (χ2v) is 4.98. The van der Waals surface area contributed by atoms with Gasteiger partial charge in [-0.25, -0.2) is 4.98 Å². The van der Waals surface area contributed by atoms with Gasteiger partial charge in [0.2, 0.25) is 0 Å². The fraction of sp³-hybridized carbons (Fsp3) is 0.133. The number of allylic oxidation sites excluding steroid dienone is 1. The van der Waals surface area contributed by atoms with Crippen molar-refractivity contribution in [3.8, 4) is 0 Å². The molecule has 0 bridgehead atoms. The lowest BCUT2D eigenvalue weighted by Gasteiger charge is -2.17. The highest BCUT2D eigenvalue weighted by molar-refractivity contribution is 6.24. The van der Waals surface area contributed by atoms with Crippen LogP contribution in [-0.2, 0) is 0 Å². The maximum Gasteiger partial charge on any atom is 0.145 e. The summed E-state index contributed by atoms with van der Waals surface area (Å²) in [7, 11) is 0. The minimum Gasteiger partial charge on any atom is -0.509 e. The first-order valence-electron chi connectivity index (χ1n) is 6.68. The Morgan fingerprint density at radius 3 is 2.90 bits per heavy atom. The molecule has 4 rings (SSSR count).